The fourth-order valence-corrected chi connectivity index (χ4v) is 3.02. The highest BCUT2D eigenvalue weighted by Crippen LogP contribution is 2.34. The van der Waals surface area contributed by atoms with Gasteiger partial charge in [0, 0.05) is 22.7 Å². The van der Waals surface area contributed by atoms with Crippen LogP contribution in [-0.4, -0.2) is 11.0 Å². The summed E-state index contributed by atoms with van der Waals surface area (Å²) >= 11 is 7.45. The van der Waals surface area contributed by atoms with E-state index in [4.69, 9.17) is 11.6 Å². The van der Waals surface area contributed by atoms with E-state index in [0.29, 0.717) is 17.4 Å². The largest absolute Gasteiger partial charge is 0.346 e. The van der Waals surface area contributed by atoms with Crippen LogP contribution in [0.4, 0.5) is 10.2 Å². The minimum Gasteiger partial charge on any atom is -0.346 e. The molecule has 3 rings (SSSR count). The first-order valence-corrected chi connectivity index (χ1v) is 7.69. The molecular weight excluding hydrogens is 283 g/mol. The van der Waals surface area contributed by atoms with Crippen LogP contribution in [0.2, 0.25) is 0 Å². The van der Waals surface area contributed by atoms with Gasteiger partial charge in [-0.05, 0) is 30.4 Å². The Labute approximate surface area is 120 Å². The van der Waals surface area contributed by atoms with Gasteiger partial charge < -0.3 is 4.90 Å². The van der Waals surface area contributed by atoms with Crippen molar-refractivity contribution in [1.29, 1.82) is 0 Å². The molecule has 0 atom stereocenters. The lowest BCUT2D eigenvalue weighted by Gasteiger charge is -2.23. The number of halogens is 2. The lowest BCUT2D eigenvalue weighted by molar-refractivity contribution is 0.596. The van der Waals surface area contributed by atoms with E-state index in [2.05, 4.69) is 16.0 Å². The maximum Gasteiger partial charge on any atom is 0.170 e. The van der Waals surface area contributed by atoms with Gasteiger partial charge in [0.25, 0.3) is 0 Å². The first kappa shape index (κ1) is 12.9. The van der Waals surface area contributed by atoms with Crippen LogP contribution in [0.1, 0.15) is 23.3 Å². The zero-order valence-corrected chi connectivity index (χ0v) is 11.9. The van der Waals surface area contributed by atoms with Crippen LogP contribution in [0.5, 0.6) is 0 Å². The second-order valence-electron chi connectivity index (χ2n) is 4.68. The van der Waals surface area contributed by atoms with Gasteiger partial charge in [0.05, 0.1) is 12.4 Å². The van der Waals surface area contributed by atoms with Gasteiger partial charge in [0.15, 0.2) is 11.6 Å². The standard InChI is InChI=1S/C14H14ClFN2S/c15-8-10-5-6-17-14(13(10)16)18(11-3-4-11)9-12-2-1-7-19-12/h1-2,5-7,11H,3-4,8-9H2. The highest BCUT2D eigenvalue weighted by atomic mass is 35.5. The minimum atomic E-state index is -0.277. The van der Waals surface area contributed by atoms with Gasteiger partial charge in [-0.15, -0.1) is 22.9 Å². The second-order valence-corrected chi connectivity index (χ2v) is 5.98. The van der Waals surface area contributed by atoms with E-state index in [0.717, 1.165) is 19.4 Å². The molecule has 0 amide bonds. The molecule has 0 saturated heterocycles. The van der Waals surface area contributed by atoms with Gasteiger partial charge in [-0.1, -0.05) is 6.07 Å². The third kappa shape index (κ3) is 2.74. The Morgan fingerprint density at radius 2 is 2.26 bits per heavy atom. The molecule has 0 bridgehead atoms. The predicted molar refractivity (Wildman–Crippen MR) is 77.3 cm³/mol. The molecule has 2 nitrogen and oxygen atoms in total. The van der Waals surface area contributed by atoms with Crippen molar-refractivity contribution in [3.63, 3.8) is 0 Å². The minimum absolute atomic E-state index is 0.179. The molecule has 1 fully saturated rings. The zero-order chi connectivity index (χ0) is 13.2. The summed E-state index contributed by atoms with van der Waals surface area (Å²) in [6, 6.07) is 6.14. The average molecular weight is 297 g/mol. The molecule has 100 valence electrons. The molecule has 0 radical (unpaired) electrons. The van der Waals surface area contributed by atoms with Crippen LogP contribution < -0.4 is 4.90 Å². The Kier molecular flexibility index (Phi) is 3.71. The fraction of sp³-hybridized carbons (Fsp3) is 0.357. The van der Waals surface area contributed by atoms with Crippen molar-refractivity contribution < 1.29 is 4.39 Å². The SMILES string of the molecule is Fc1c(CCl)ccnc1N(Cc1cccs1)C1CC1. The predicted octanol–water partition coefficient (Wildman–Crippen LogP) is 4.19. The van der Waals surface area contributed by atoms with E-state index in [1.54, 1.807) is 23.6 Å². The molecule has 2 aromatic heterocycles. The topological polar surface area (TPSA) is 16.1 Å². The second kappa shape index (κ2) is 5.47. The first-order chi connectivity index (χ1) is 9.29. The van der Waals surface area contributed by atoms with Gasteiger partial charge >= 0.3 is 0 Å². The number of rotatable bonds is 5. The van der Waals surface area contributed by atoms with Crippen molar-refractivity contribution in [2.75, 3.05) is 4.90 Å². The third-order valence-corrected chi connectivity index (χ3v) is 4.41. The summed E-state index contributed by atoms with van der Waals surface area (Å²) in [4.78, 5) is 7.52. The van der Waals surface area contributed by atoms with Crippen molar-refractivity contribution in [1.82, 2.24) is 4.98 Å². The van der Waals surface area contributed by atoms with E-state index in [1.807, 2.05) is 11.4 Å². The molecule has 1 aliphatic rings. The molecule has 19 heavy (non-hydrogen) atoms. The number of thiophene rings is 1. The quantitative estimate of drug-likeness (QED) is 0.769. The van der Waals surface area contributed by atoms with Crippen LogP contribution in [0.25, 0.3) is 0 Å². The van der Waals surface area contributed by atoms with Crippen molar-refractivity contribution in [3.8, 4) is 0 Å². The number of hydrogen-bond acceptors (Lipinski definition) is 3. The van der Waals surface area contributed by atoms with E-state index in [1.165, 1.54) is 4.88 Å². The van der Waals surface area contributed by atoms with Crippen LogP contribution >= 0.6 is 22.9 Å². The Hall–Kier alpha value is -1.13. The molecule has 0 N–H and O–H groups in total. The normalized spacial score (nSPS) is 14.6. The summed E-state index contributed by atoms with van der Waals surface area (Å²) in [7, 11) is 0. The highest BCUT2D eigenvalue weighted by molar-refractivity contribution is 7.09. The van der Waals surface area contributed by atoms with E-state index in [9.17, 15) is 4.39 Å². The van der Waals surface area contributed by atoms with Crippen LogP contribution in [0, 0.1) is 5.82 Å². The van der Waals surface area contributed by atoms with E-state index < -0.39 is 0 Å². The molecule has 5 heteroatoms. The Morgan fingerprint density at radius 1 is 1.42 bits per heavy atom. The average Bonchev–Trinajstić information content (AvgIpc) is 3.14. The Balaban J connectivity index is 1.92. The molecule has 0 spiro atoms. The first-order valence-electron chi connectivity index (χ1n) is 6.28. The number of aromatic nitrogens is 1. The number of pyridine rings is 1. The van der Waals surface area contributed by atoms with Crippen molar-refractivity contribution in [2.24, 2.45) is 0 Å². The van der Waals surface area contributed by atoms with E-state index >= 15 is 0 Å². The van der Waals surface area contributed by atoms with Crippen molar-refractivity contribution in [3.05, 3.63) is 46.0 Å². The van der Waals surface area contributed by atoms with Gasteiger partial charge in [-0.3, -0.25) is 0 Å². The maximum atomic E-state index is 14.4. The van der Waals surface area contributed by atoms with Gasteiger partial charge in [-0.25, -0.2) is 9.37 Å². The maximum absolute atomic E-state index is 14.4. The molecule has 2 aromatic rings. The van der Waals surface area contributed by atoms with Crippen molar-refractivity contribution in [2.45, 2.75) is 31.3 Å². The van der Waals surface area contributed by atoms with Crippen LogP contribution in [-0.2, 0) is 12.4 Å². The van der Waals surface area contributed by atoms with Gasteiger partial charge in [-0.2, -0.15) is 0 Å². The smallest absolute Gasteiger partial charge is 0.170 e. The number of nitrogens with zero attached hydrogens (tertiary/aromatic N) is 2. The third-order valence-electron chi connectivity index (χ3n) is 3.26. The van der Waals surface area contributed by atoms with E-state index in [-0.39, 0.29) is 11.7 Å². The fourth-order valence-electron chi connectivity index (χ4n) is 2.11. The Morgan fingerprint density at radius 3 is 2.89 bits per heavy atom. The van der Waals surface area contributed by atoms with Crippen LogP contribution in [0.15, 0.2) is 29.8 Å². The monoisotopic (exact) mass is 296 g/mol. The molecule has 1 saturated carbocycles. The Bertz CT molecular complexity index is 555. The molecule has 1 aliphatic carbocycles. The van der Waals surface area contributed by atoms with Gasteiger partial charge in [0.2, 0.25) is 0 Å². The molecular formula is C14H14ClFN2S. The molecule has 0 aliphatic heterocycles. The molecule has 0 aromatic carbocycles. The summed E-state index contributed by atoms with van der Waals surface area (Å²) in [5.41, 5.74) is 0.517. The summed E-state index contributed by atoms with van der Waals surface area (Å²) in [6.07, 6.45) is 3.86. The van der Waals surface area contributed by atoms with Crippen molar-refractivity contribution >= 4 is 28.8 Å². The van der Waals surface area contributed by atoms with Gasteiger partial charge in [0.1, 0.15) is 0 Å². The lowest BCUT2D eigenvalue weighted by Crippen LogP contribution is -2.27. The lowest BCUT2D eigenvalue weighted by atomic mass is 10.2. The number of alkyl halides is 1. The molecule has 0 unspecified atom stereocenters. The summed E-state index contributed by atoms with van der Waals surface area (Å²) in [5, 5.41) is 2.04. The summed E-state index contributed by atoms with van der Waals surface area (Å²) in [6.45, 7) is 0.720. The number of anilines is 1. The van der Waals surface area contributed by atoms with Crippen LogP contribution in [0.3, 0.4) is 0 Å². The summed E-state index contributed by atoms with van der Waals surface area (Å²) in [5.74, 6) is 0.341. The summed E-state index contributed by atoms with van der Waals surface area (Å²) < 4.78 is 14.4. The highest BCUT2D eigenvalue weighted by Gasteiger charge is 2.32. The zero-order valence-electron chi connectivity index (χ0n) is 10.4. The number of hydrogen-bond donors (Lipinski definition) is 0. The molecule has 2 heterocycles.